The van der Waals surface area contributed by atoms with Crippen molar-refractivity contribution < 1.29 is 14.4 Å². The molecule has 4 amide bonds. The maximum Gasteiger partial charge on any atom is 0.331 e. The van der Waals surface area contributed by atoms with Gasteiger partial charge in [-0.3, -0.25) is 19.8 Å². The van der Waals surface area contributed by atoms with Crippen molar-refractivity contribution in [3.05, 3.63) is 60.2 Å². The van der Waals surface area contributed by atoms with Crippen molar-refractivity contribution in [2.45, 2.75) is 50.6 Å². The summed E-state index contributed by atoms with van der Waals surface area (Å²) in [6.45, 7) is 2.05. The standard InChI is InChI=1S/C27H30N4O3/c32-24-27(25(33)31(26(34)28-24)21-12-5-2-6-13-21)17-19-9-7-8-14-22(19)30-16-15-29(18-23(27)30)20-10-3-1-4-11-20/h1,3-4,7-11,14,21,23H,2,5-6,12-13,15-18H2,(H,28,32,34)/t23-,27-/m0/s1. The van der Waals surface area contributed by atoms with E-state index in [-0.39, 0.29) is 18.0 Å². The predicted octanol–water partition coefficient (Wildman–Crippen LogP) is 3.34. The van der Waals surface area contributed by atoms with Gasteiger partial charge in [0.1, 0.15) is 0 Å². The minimum Gasteiger partial charge on any atom is -0.368 e. The summed E-state index contributed by atoms with van der Waals surface area (Å²) in [4.78, 5) is 46.9. The Balaban J connectivity index is 1.45. The third-order valence-corrected chi connectivity index (χ3v) is 8.23. The van der Waals surface area contributed by atoms with Crippen LogP contribution in [0, 0.1) is 5.41 Å². The van der Waals surface area contributed by atoms with Gasteiger partial charge in [-0.2, -0.15) is 0 Å². The van der Waals surface area contributed by atoms with Crippen molar-refractivity contribution in [2.24, 2.45) is 5.41 Å². The molecule has 2 saturated heterocycles. The summed E-state index contributed by atoms with van der Waals surface area (Å²) in [6.07, 6.45) is 5.06. The fourth-order valence-electron chi connectivity index (χ4n) is 6.52. The highest BCUT2D eigenvalue weighted by Crippen LogP contribution is 2.46. The Morgan fingerprint density at radius 1 is 0.853 bits per heavy atom. The monoisotopic (exact) mass is 458 g/mol. The molecule has 1 saturated carbocycles. The number of hydrogen-bond acceptors (Lipinski definition) is 5. The van der Waals surface area contributed by atoms with E-state index < -0.39 is 17.4 Å². The van der Waals surface area contributed by atoms with Crippen LogP contribution in [0.4, 0.5) is 16.2 Å². The van der Waals surface area contributed by atoms with E-state index in [1.54, 1.807) is 0 Å². The highest BCUT2D eigenvalue weighted by atomic mass is 16.2. The van der Waals surface area contributed by atoms with Gasteiger partial charge in [0.2, 0.25) is 11.8 Å². The fourth-order valence-corrected chi connectivity index (χ4v) is 6.52. The van der Waals surface area contributed by atoms with Gasteiger partial charge in [-0.1, -0.05) is 55.7 Å². The van der Waals surface area contributed by atoms with Gasteiger partial charge in [-0.05, 0) is 43.0 Å². The van der Waals surface area contributed by atoms with Gasteiger partial charge in [-0.15, -0.1) is 0 Å². The number of rotatable bonds is 2. The van der Waals surface area contributed by atoms with E-state index in [1.165, 1.54) is 4.90 Å². The Hall–Kier alpha value is -3.35. The highest BCUT2D eigenvalue weighted by molar-refractivity contribution is 6.20. The first kappa shape index (κ1) is 21.2. The quantitative estimate of drug-likeness (QED) is 0.699. The summed E-state index contributed by atoms with van der Waals surface area (Å²) >= 11 is 0. The van der Waals surface area contributed by atoms with Gasteiger partial charge in [0.05, 0.1) is 6.04 Å². The van der Waals surface area contributed by atoms with Crippen LogP contribution < -0.4 is 15.1 Å². The van der Waals surface area contributed by atoms with Crippen molar-refractivity contribution in [3.8, 4) is 0 Å². The van der Waals surface area contributed by atoms with Gasteiger partial charge in [0, 0.05) is 37.1 Å². The maximum absolute atomic E-state index is 14.3. The van der Waals surface area contributed by atoms with Crippen molar-refractivity contribution in [1.29, 1.82) is 0 Å². The normalized spacial score (nSPS) is 27.5. The average molecular weight is 459 g/mol. The Morgan fingerprint density at radius 3 is 2.38 bits per heavy atom. The molecule has 2 atom stereocenters. The Labute approximate surface area is 199 Å². The number of piperazine rings is 1. The number of benzene rings is 2. The Kier molecular flexibility index (Phi) is 5.08. The van der Waals surface area contributed by atoms with Crippen LogP contribution in [0.25, 0.3) is 0 Å². The van der Waals surface area contributed by atoms with Crippen LogP contribution >= 0.6 is 0 Å². The second kappa shape index (κ2) is 8.15. The molecule has 3 heterocycles. The van der Waals surface area contributed by atoms with Gasteiger partial charge in [-0.25, -0.2) is 4.79 Å². The van der Waals surface area contributed by atoms with E-state index in [0.717, 1.165) is 55.6 Å². The van der Waals surface area contributed by atoms with Gasteiger partial charge in [0.25, 0.3) is 0 Å². The third kappa shape index (κ3) is 3.13. The molecule has 0 radical (unpaired) electrons. The molecule has 3 aliphatic heterocycles. The Bertz CT molecular complexity index is 1130. The van der Waals surface area contributed by atoms with E-state index >= 15 is 0 Å². The Morgan fingerprint density at radius 2 is 1.59 bits per heavy atom. The number of nitrogens with one attached hydrogen (secondary N) is 1. The van der Waals surface area contributed by atoms with Crippen LogP contribution in [-0.4, -0.2) is 54.5 Å². The minimum absolute atomic E-state index is 0.134. The van der Waals surface area contributed by atoms with E-state index in [9.17, 15) is 14.4 Å². The lowest BCUT2D eigenvalue weighted by atomic mass is 9.67. The molecule has 4 aliphatic rings. The zero-order chi connectivity index (χ0) is 23.3. The second-order valence-electron chi connectivity index (χ2n) is 9.99. The molecule has 1 spiro atoms. The van der Waals surface area contributed by atoms with Gasteiger partial charge >= 0.3 is 6.03 Å². The van der Waals surface area contributed by atoms with Crippen LogP contribution in [0.15, 0.2) is 54.6 Å². The van der Waals surface area contributed by atoms with Gasteiger partial charge in [0.15, 0.2) is 5.41 Å². The van der Waals surface area contributed by atoms with Crippen molar-refractivity contribution in [3.63, 3.8) is 0 Å². The van der Waals surface area contributed by atoms with Crippen molar-refractivity contribution >= 4 is 29.2 Å². The molecule has 2 aromatic carbocycles. The molecular formula is C27H30N4O3. The number of imide groups is 2. The number of carbonyl (C=O) groups is 3. The molecule has 0 aromatic heterocycles. The SMILES string of the molecule is O=C1NC(=O)[C@@]2(Cc3ccccc3N3CCN(c4ccccc4)C[C@H]32)C(=O)N1C1CCCCC1. The molecule has 176 valence electrons. The fraction of sp³-hybridized carbons (Fsp3) is 0.444. The topological polar surface area (TPSA) is 73.0 Å². The molecular weight excluding hydrogens is 428 g/mol. The van der Waals surface area contributed by atoms with Crippen molar-refractivity contribution in [1.82, 2.24) is 10.2 Å². The summed E-state index contributed by atoms with van der Waals surface area (Å²) in [5.74, 6) is -0.762. The maximum atomic E-state index is 14.3. The summed E-state index contributed by atoms with van der Waals surface area (Å²) in [5.41, 5.74) is 1.84. The molecule has 1 N–H and O–H groups in total. The molecule has 0 bridgehead atoms. The molecule has 6 rings (SSSR count). The average Bonchev–Trinajstić information content (AvgIpc) is 2.88. The first-order valence-corrected chi connectivity index (χ1v) is 12.4. The number of fused-ring (bicyclic) bond motifs is 4. The van der Waals surface area contributed by atoms with Crippen LogP contribution in [0.1, 0.15) is 37.7 Å². The molecule has 1 aliphatic carbocycles. The molecule has 2 aromatic rings. The first-order valence-electron chi connectivity index (χ1n) is 12.4. The number of carbonyl (C=O) groups excluding carboxylic acids is 3. The van der Waals surface area contributed by atoms with Crippen LogP contribution in [0.3, 0.4) is 0 Å². The van der Waals surface area contributed by atoms with E-state index in [2.05, 4.69) is 33.3 Å². The molecule has 0 unspecified atom stereocenters. The summed E-state index contributed by atoms with van der Waals surface area (Å²) in [7, 11) is 0. The second-order valence-corrected chi connectivity index (χ2v) is 9.99. The van der Waals surface area contributed by atoms with Crippen LogP contribution in [0.2, 0.25) is 0 Å². The van der Waals surface area contributed by atoms with E-state index in [4.69, 9.17) is 0 Å². The zero-order valence-corrected chi connectivity index (χ0v) is 19.3. The largest absolute Gasteiger partial charge is 0.368 e. The number of barbiturate groups is 1. The van der Waals surface area contributed by atoms with E-state index in [1.807, 2.05) is 36.4 Å². The summed E-state index contributed by atoms with van der Waals surface area (Å²) in [5, 5.41) is 2.62. The lowest BCUT2D eigenvalue weighted by molar-refractivity contribution is -0.155. The zero-order valence-electron chi connectivity index (χ0n) is 19.3. The highest BCUT2D eigenvalue weighted by Gasteiger charge is 2.63. The van der Waals surface area contributed by atoms with Crippen LogP contribution in [-0.2, 0) is 16.0 Å². The third-order valence-electron chi connectivity index (χ3n) is 8.23. The number of para-hydroxylation sites is 2. The lowest BCUT2D eigenvalue weighted by Crippen LogP contribution is -2.76. The summed E-state index contributed by atoms with van der Waals surface area (Å²) in [6, 6.07) is 17.2. The number of nitrogens with zero attached hydrogens (tertiary/aromatic N) is 3. The lowest BCUT2D eigenvalue weighted by Gasteiger charge is -2.56. The molecule has 7 heteroatoms. The smallest absolute Gasteiger partial charge is 0.331 e. The number of hydrogen-bond donors (Lipinski definition) is 1. The molecule has 34 heavy (non-hydrogen) atoms. The number of amides is 4. The minimum atomic E-state index is -1.33. The molecule has 7 nitrogen and oxygen atoms in total. The number of anilines is 2. The first-order chi connectivity index (χ1) is 16.6. The van der Waals surface area contributed by atoms with Crippen molar-refractivity contribution in [2.75, 3.05) is 29.4 Å². The van der Waals surface area contributed by atoms with Gasteiger partial charge < -0.3 is 9.80 Å². The van der Waals surface area contributed by atoms with E-state index in [0.29, 0.717) is 19.5 Å². The number of urea groups is 1. The predicted molar refractivity (Wildman–Crippen MR) is 130 cm³/mol. The summed E-state index contributed by atoms with van der Waals surface area (Å²) < 4.78 is 0. The molecule has 3 fully saturated rings. The van der Waals surface area contributed by atoms with Crippen LogP contribution in [0.5, 0.6) is 0 Å².